The van der Waals surface area contributed by atoms with E-state index >= 15 is 0 Å². The van der Waals surface area contributed by atoms with E-state index in [-0.39, 0.29) is 12.4 Å². The lowest BCUT2D eigenvalue weighted by atomic mass is 10.3. The number of hydrogen-bond donors (Lipinski definition) is 1. The molecule has 0 saturated heterocycles. The van der Waals surface area contributed by atoms with Gasteiger partial charge in [0.1, 0.15) is 0 Å². The second-order valence-electron chi connectivity index (χ2n) is 3.05. The van der Waals surface area contributed by atoms with Crippen LogP contribution in [0.15, 0.2) is 0 Å². The van der Waals surface area contributed by atoms with Gasteiger partial charge >= 0.3 is 6.18 Å². The Bertz CT molecular complexity index is 263. The van der Waals surface area contributed by atoms with Gasteiger partial charge in [-0.05, 0) is 12.8 Å². The predicted molar refractivity (Wildman–Crippen MR) is 48.7 cm³/mol. The maximum Gasteiger partial charge on any atom is 0.391 e. The fraction of sp³-hybridized carbons (Fsp3) is 1.00. The van der Waals surface area contributed by atoms with Crippen molar-refractivity contribution in [1.29, 1.82) is 0 Å². The average molecular weight is 249 g/mol. The van der Waals surface area contributed by atoms with Gasteiger partial charge in [0.05, 0.1) is 18.8 Å². The number of ether oxygens (including phenoxy) is 1. The zero-order chi connectivity index (χ0) is 11.9. The highest BCUT2D eigenvalue weighted by molar-refractivity contribution is 7.89. The minimum Gasteiger partial charge on any atom is -0.381 e. The van der Waals surface area contributed by atoms with E-state index < -0.39 is 29.2 Å². The number of primary sulfonamides is 1. The molecule has 0 bridgehead atoms. The van der Waals surface area contributed by atoms with Crippen molar-refractivity contribution in [2.45, 2.75) is 25.4 Å². The number of sulfonamides is 1. The van der Waals surface area contributed by atoms with Crippen LogP contribution < -0.4 is 5.14 Å². The molecule has 0 amide bonds. The Kier molecular flexibility index (Phi) is 6.15. The van der Waals surface area contributed by atoms with Gasteiger partial charge in [-0.15, -0.1) is 0 Å². The summed E-state index contributed by atoms with van der Waals surface area (Å²) in [4.78, 5) is 0. The number of unbranched alkanes of at least 4 members (excludes halogenated alkanes) is 1. The second kappa shape index (κ2) is 6.29. The Morgan fingerprint density at radius 2 is 1.73 bits per heavy atom. The fourth-order valence-corrected chi connectivity index (χ4v) is 1.40. The molecule has 0 unspecified atom stereocenters. The third kappa shape index (κ3) is 13.7. The molecule has 0 aromatic carbocycles. The second-order valence-corrected chi connectivity index (χ2v) is 4.79. The van der Waals surface area contributed by atoms with Crippen molar-refractivity contribution in [3.63, 3.8) is 0 Å². The molecule has 0 aliphatic rings. The third-order valence-corrected chi connectivity index (χ3v) is 2.36. The van der Waals surface area contributed by atoms with Crippen molar-refractivity contribution in [2.75, 3.05) is 19.0 Å². The summed E-state index contributed by atoms with van der Waals surface area (Å²) < 4.78 is 60.4. The van der Waals surface area contributed by atoms with Crippen molar-refractivity contribution < 1.29 is 26.3 Å². The quantitative estimate of drug-likeness (QED) is 0.685. The first-order valence-electron chi connectivity index (χ1n) is 4.36. The summed E-state index contributed by atoms with van der Waals surface area (Å²) in [5.74, 6) is -0.171. The Labute approximate surface area is 86.6 Å². The van der Waals surface area contributed by atoms with Gasteiger partial charge in [-0.3, -0.25) is 0 Å². The van der Waals surface area contributed by atoms with Gasteiger partial charge in [-0.2, -0.15) is 13.2 Å². The van der Waals surface area contributed by atoms with Crippen LogP contribution in [0.4, 0.5) is 13.2 Å². The number of halogens is 3. The van der Waals surface area contributed by atoms with E-state index in [9.17, 15) is 21.6 Å². The molecule has 0 spiro atoms. The van der Waals surface area contributed by atoms with Crippen LogP contribution in [0.5, 0.6) is 0 Å². The highest BCUT2D eigenvalue weighted by Crippen LogP contribution is 2.18. The molecule has 0 aliphatic heterocycles. The van der Waals surface area contributed by atoms with Crippen LogP contribution in [0.1, 0.15) is 19.3 Å². The van der Waals surface area contributed by atoms with E-state index in [0.717, 1.165) is 0 Å². The summed E-state index contributed by atoms with van der Waals surface area (Å²) in [5, 5.41) is 4.72. The number of rotatable bonds is 7. The fourth-order valence-electron chi connectivity index (χ4n) is 0.797. The lowest BCUT2D eigenvalue weighted by Crippen LogP contribution is -2.17. The van der Waals surface area contributed by atoms with Gasteiger partial charge in [-0.25, -0.2) is 13.6 Å². The van der Waals surface area contributed by atoms with Crippen LogP contribution in [-0.4, -0.2) is 33.6 Å². The molecule has 2 N–H and O–H groups in total. The van der Waals surface area contributed by atoms with Crippen molar-refractivity contribution in [3.8, 4) is 0 Å². The van der Waals surface area contributed by atoms with E-state index in [1.165, 1.54) is 0 Å². The lowest BCUT2D eigenvalue weighted by Gasteiger charge is -2.06. The monoisotopic (exact) mass is 249 g/mol. The molecule has 4 nitrogen and oxygen atoms in total. The van der Waals surface area contributed by atoms with E-state index in [1.54, 1.807) is 0 Å². The van der Waals surface area contributed by atoms with Crippen LogP contribution in [-0.2, 0) is 14.8 Å². The zero-order valence-corrected chi connectivity index (χ0v) is 8.90. The van der Waals surface area contributed by atoms with E-state index in [4.69, 9.17) is 5.14 Å². The molecule has 0 aliphatic carbocycles. The summed E-state index contributed by atoms with van der Waals surface area (Å²) in [5.41, 5.74) is 0. The molecule has 8 heteroatoms. The summed E-state index contributed by atoms with van der Waals surface area (Å²) >= 11 is 0. The van der Waals surface area contributed by atoms with Crippen molar-refractivity contribution in [1.82, 2.24) is 0 Å². The molecule has 0 fully saturated rings. The maximum absolute atomic E-state index is 11.6. The lowest BCUT2D eigenvalue weighted by molar-refractivity contribution is -0.145. The van der Waals surface area contributed by atoms with Crippen LogP contribution >= 0.6 is 0 Å². The zero-order valence-electron chi connectivity index (χ0n) is 8.09. The predicted octanol–water partition coefficient (Wildman–Crippen LogP) is 1.02. The molecule has 0 aromatic rings. The van der Waals surface area contributed by atoms with Crippen molar-refractivity contribution in [3.05, 3.63) is 0 Å². The van der Waals surface area contributed by atoms with Crippen LogP contribution in [0.3, 0.4) is 0 Å². The number of hydrogen-bond acceptors (Lipinski definition) is 3. The van der Waals surface area contributed by atoms with Crippen LogP contribution in [0.2, 0.25) is 0 Å². The van der Waals surface area contributed by atoms with Gasteiger partial charge in [0.15, 0.2) is 0 Å². The topological polar surface area (TPSA) is 69.4 Å². The Morgan fingerprint density at radius 1 is 1.13 bits per heavy atom. The minimum atomic E-state index is -4.21. The Morgan fingerprint density at radius 3 is 2.20 bits per heavy atom. The molecule has 0 atom stereocenters. The molecule has 0 radical (unpaired) electrons. The molecule has 0 rings (SSSR count). The number of nitrogens with two attached hydrogens (primary N) is 1. The van der Waals surface area contributed by atoms with Crippen LogP contribution in [0.25, 0.3) is 0 Å². The largest absolute Gasteiger partial charge is 0.391 e. The molecular formula is C7H14F3NO3S. The first-order chi connectivity index (χ1) is 6.71. The SMILES string of the molecule is NS(=O)(=O)CCCCOCCC(F)(F)F. The van der Waals surface area contributed by atoms with E-state index in [2.05, 4.69) is 4.74 Å². The average Bonchev–Trinajstić information content (AvgIpc) is 1.98. The summed E-state index contributed by atoms with van der Waals surface area (Å²) in [6.45, 7) is -0.273. The van der Waals surface area contributed by atoms with Gasteiger partial charge in [-0.1, -0.05) is 0 Å². The van der Waals surface area contributed by atoms with Crippen molar-refractivity contribution in [2.24, 2.45) is 5.14 Å². The highest BCUT2D eigenvalue weighted by atomic mass is 32.2. The Balaban J connectivity index is 3.27. The van der Waals surface area contributed by atoms with Gasteiger partial charge in [0, 0.05) is 6.61 Å². The molecule has 92 valence electrons. The van der Waals surface area contributed by atoms with Crippen LogP contribution in [0, 0.1) is 0 Å². The van der Waals surface area contributed by atoms with Gasteiger partial charge in [0.2, 0.25) is 10.0 Å². The first-order valence-corrected chi connectivity index (χ1v) is 6.07. The maximum atomic E-state index is 11.6. The third-order valence-electron chi connectivity index (χ3n) is 1.50. The summed E-state index contributed by atoms with van der Waals surface area (Å²) in [7, 11) is -3.48. The highest BCUT2D eigenvalue weighted by Gasteiger charge is 2.26. The normalized spacial score (nSPS) is 13.1. The first kappa shape index (κ1) is 14.7. The van der Waals surface area contributed by atoms with Gasteiger partial charge in [0.25, 0.3) is 0 Å². The minimum absolute atomic E-state index is 0.117. The molecule has 0 aromatic heterocycles. The molecule has 15 heavy (non-hydrogen) atoms. The summed E-state index contributed by atoms with van der Waals surface area (Å²) in [6.07, 6.45) is -4.51. The van der Waals surface area contributed by atoms with Crippen molar-refractivity contribution >= 4 is 10.0 Å². The summed E-state index contributed by atoms with van der Waals surface area (Å²) in [6, 6.07) is 0. The van der Waals surface area contributed by atoms with E-state index in [1.807, 2.05) is 0 Å². The smallest absolute Gasteiger partial charge is 0.381 e. The molecule has 0 saturated carbocycles. The van der Waals surface area contributed by atoms with E-state index in [0.29, 0.717) is 12.8 Å². The molecular weight excluding hydrogens is 235 g/mol. The van der Waals surface area contributed by atoms with Gasteiger partial charge < -0.3 is 4.74 Å². The molecule has 0 heterocycles. The standard InChI is InChI=1S/C7H14F3NO3S/c8-7(9,10)3-5-14-4-1-2-6-15(11,12)13/h1-6H2,(H2,11,12,13). The number of alkyl halides is 3. The Hall–Kier alpha value is -0.340.